The fourth-order valence-corrected chi connectivity index (χ4v) is 4.21. The molecular formula is C17H15ClN4O3S2. The van der Waals surface area contributed by atoms with Crippen molar-refractivity contribution in [2.24, 2.45) is 0 Å². The number of carbonyl (C=O) groups excluding carboxylic acids is 1. The molecule has 0 radical (unpaired) electrons. The quantitative estimate of drug-likeness (QED) is 0.437. The number of nitro groups is 1. The molecule has 10 heteroatoms. The van der Waals surface area contributed by atoms with Crippen LogP contribution in [-0.4, -0.2) is 26.7 Å². The smallest absolute Gasteiger partial charge is 0.269 e. The topological polar surface area (TPSA) is 87.5 Å². The normalized spacial score (nSPS) is 16.3. The van der Waals surface area contributed by atoms with Crippen molar-refractivity contribution < 1.29 is 9.72 Å². The average Bonchev–Trinajstić information content (AvgIpc) is 2.97. The molecule has 0 spiro atoms. The number of nitrogens with zero attached hydrogens (tertiary/aromatic N) is 2. The van der Waals surface area contributed by atoms with E-state index in [1.165, 1.54) is 35.0 Å². The van der Waals surface area contributed by atoms with Crippen LogP contribution in [0.1, 0.15) is 16.5 Å². The molecule has 1 unspecified atom stereocenters. The van der Waals surface area contributed by atoms with Crippen LogP contribution in [0.2, 0.25) is 5.02 Å². The first-order valence-electron chi connectivity index (χ1n) is 7.87. The summed E-state index contributed by atoms with van der Waals surface area (Å²) in [6, 6.07) is 11.8. The van der Waals surface area contributed by atoms with Gasteiger partial charge >= 0.3 is 0 Å². The molecule has 0 aromatic heterocycles. The lowest BCUT2D eigenvalue weighted by Gasteiger charge is -2.26. The minimum Gasteiger partial charge on any atom is -0.331 e. The first-order valence-corrected chi connectivity index (χ1v) is 9.71. The van der Waals surface area contributed by atoms with Crippen molar-refractivity contribution in [2.45, 2.75) is 12.3 Å². The van der Waals surface area contributed by atoms with Gasteiger partial charge in [0.2, 0.25) is 0 Å². The van der Waals surface area contributed by atoms with Crippen LogP contribution in [0.3, 0.4) is 0 Å². The number of hydrogen-bond donors (Lipinski definition) is 2. The second-order valence-electron chi connectivity index (χ2n) is 5.77. The lowest BCUT2D eigenvalue weighted by atomic mass is 10.2. The number of rotatable bonds is 4. The van der Waals surface area contributed by atoms with Crippen molar-refractivity contribution in [3.8, 4) is 0 Å². The van der Waals surface area contributed by atoms with Crippen LogP contribution >= 0.6 is 35.6 Å². The predicted molar refractivity (Wildman–Crippen MR) is 111 cm³/mol. The highest BCUT2D eigenvalue weighted by Crippen LogP contribution is 2.41. The summed E-state index contributed by atoms with van der Waals surface area (Å²) in [5, 5.41) is 15.5. The van der Waals surface area contributed by atoms with Gasteiger partial charge < -0.3 is 5.32 Å². The second kappa shape index (κ2) is 8.12. The number of nitro benzene ring substituents is 1. The Morgan fingerprint density at radius 2 is 2.11 bits per heavy atom. The number of thioether (sulfide) groups is 1. The number of anilines is 1. The van der Waals surface area contributed by atoms with E-state index in [1.807, 2.05) is 31.2 Å². The fourth-order valence-electron chi connectivity index (χ4n) is 2.58. The van der Waals surface area contributed by atoms with E-state index in [4.69, 9.17) is 23.8 Å². The van der Waals surface area contributed by atoms with E-state index in [2.05, 4.69) is 10.7 Å². The highest BCUT2D eigenvalue weighted by Gasteiger charge is 2.35. The van der Waals surface area contributed by atoms with Crippen LogP contribution in [0.4, 0.5) is 11.4 Å². The largest absolute Gasteiger partial charge is 0.331 e. The number of hydrazine groups is 1. The van der Waals surface area contributed by atoms with Crippen LogP contribution < -0.4 is 10.7 Å². The van der Waals surface area contributed by atoms with E-state index in [9.17, 15) is 14.9 Å². The number of amides is 1. The minimum absolute atomic E-state index is 0.0880. The predicted octanol–water partition coefficient (Wildman–Crippen LogP) is 4.03. The lowest BCUT2D eigenvalue weighted by molar-refractivity contribution is -0.384. The molecule has 3 rings (SSSR count). The Balaban J connectivity index is 1.81. The van der Waals surface area contributed by atoms with Crippen molar-refractivity contribution in [1.82, 2.24) is 10.4 Å². The number of carbonyl (C=O) groups is 1. The summed E-state index contributed by atoms with van der Waals surface area (Å²) in [5.74, 6) is 0.0189. The molecule has 1 amide bonds. The number of benzene rings is 2. The maximum absolute atomic E-state index is 12.3. The zero-order valence-corrected chi connectivity index (χ0v) is 16.5. The summed E-state index contributed by atoms with van der Waals surface area (Å²) < 4.78 is 0. The van der Waals surface area contributed by atoms with Gasteiger partial charge in [-0.3, -0.25) is 20.3 Å². The van der Waals surface area contributed by atoms with Gasteiger partial charge in [-0.15, -0.1) is 11.8 Å². The van der Waals surface area contributed by atoms with Crippen LogP contribution in [-0.2, 0) is 4.79 Å². The number of thiocarbonyl (C=S) groups is 1. The molecule has 1 aliphatic rings. The summed E-state index contributed by atoms with van der Waals surface area (Å²) in [5.41, 5.74) is 5.10. The van der Waals surface area contributed by atoms with Gasteiger partial charge in [0.25, 0.3) is 11.6 Å². The maximum Gasteiger partial charge on any atom is 0.269 e. The van der Waals surface area contributed by atoms with Crippen molar-refractivity contribution >= 4 is 58.0 Å². The van der Waals surface area contributed by atoms with E-state index in [-0.39, 0.29) is 22.5 Å². The number of aryl methyl sites for hydroxylation is 1. The van der Waals surface area contributed by atoms with Crippen molar-refractivity contribution in [3.63, 3.8) is 0 Å². The number of halogens is 1. The molecule has 0 aliphatic carbocycles. The third-order valence-corrected chi connectivity index (χ3v) is 5.67. The van der Waals surface area contributed by atoms with Gasteiger partial charge in [0.05, 0.1) is 10.7 Å². The number of non-ortho nitro benzene ring substituents is 1. The molecule has 0 saturated carbocycles. The van der Waals surface area contributed by atoms with Crippen LogP contribution in [0.5, 0.6) is 0 Å². The standard InChI is InChI=1S/C17H15ClN4O3S2/c1-10-4-2-3-5-14(10)19-17(26)20-21-15(23)9-27-16(21)12-8-11(22(24)25)6-7-13(12)18/h2-8,16H,9H2,1H3,(H2,19,20,26). The van der Waals surface area contributed by atoms with Gasteiger partial charge in [0, 0.05) is 28.4 Å². The maximum atomic E-state index is 12.3. The van der Waals surface area contributed by atoms with Crippen molar-refractivity contribution in [1.29, 1.82) is 0 Å². The summed E-state index contributed by atoms with van der Waals surface area (Å²) in [4.78, 5) is 22.9. The lowest BCUT2D eigenvalue weighted by Crippen LogP contribution is -2.46. The van der Waals surface area contributed by atoms with Crippen LogP contribution in [0, 0.1) is 17.0 Å². The van der Waals surface area contributed by atoms with Crippen molar-refractivity contribution in [3.05, 3.63) is 68.7 Å². The summed E-state index contributed by atoms with van der Waals surface area (Å²) in [6.45, 7) is 1.94. The van der Waals surface area contributed by atoms with Crippen LogP contribution in [0.25, 0.3) is 0 Å². The third kappa shape index (κ3) is 4.32. The van der Waals surface area contributed by atoms with Gasteiger partial charge in [-0.1, -0.05) is 29.8 Å². The number of hydrogen-bond acceptors (Lipinski definition) is 5. The number of para-hydroxylation sites is 1. The molecule has 2 N–H and O–H groups in total. The Kier molecular flexibility index (Phi) is 5.83. The molecule has 1 heterocycles. The molecule has 1 aliphatic heterocycles. The Morgan fingerprint density at radius 3 is 2.81 bits per heavy atom. The van der Waals surface area contributed by atoms with Gasteiger partial charge in [-0.2, -0.15) is 0 Å². The van der Waals surface area contributed by atoms with Crippen LogP contribution in [0.15, 0.2) is 42.5 Å². The summed E-state index contributed by atoms with van der Waals surface area (Å²) in [7, 11) is 0. The molecular weight excluding hydrogens is 408 g/mol. The first kappa shape index (κ1) is 19.4. The fraction of sp³-hybridized carbons (Fsp3) is 0.176. The van der Waals surface area contributed by atoms with E-state index in [0.29, 0.717) is 10.6 Å². The van der Waals surface area contributed by atoms with E-state index >= 15 is 0 Å². The SMILES string of the molecule is Cc1ccccc1NC(=S)NN1C(=O)CSC1c1cc([N+](=O)[O-])ccc1Cl. The zero-order valence-electron chi connectivity index (χ0n) is 14.1. The summed E-state index contributed by atoms with van der Waals surface area (Å²) >= 11 is 12.9. The molecule has 1 atom stereocenters. The Morgan fingerprint density at radius 1 is 1.37 bits per heavy atom. The van der Waals surface area contributed by atoms with E-state index in [0.717, 1.165) is 11.3 Å². The second-order valence-corrected chi connectivity index (χ2v) is 7.65. The summed E-state index contributed by atoms with van der Waals surface area (Å²) in [6.07, 6.45) is 0. The highest BCUT2D eigenvalue weighted by molar-refractivity contribution is 8.00. The Hall–Kier alpha value is -2.36. The molecule has 7 nitrogen and oxygen atoms in total. The minimum atomic E-state index is -0.526. The van der Waals surface area contributed by atoms with Gasteiger partial charge in [0.1, 0.15) is 5.37 Å². The van der Waals surface area contributed by atoms with E-state index in [1.54, 1.807) is 0 Å². The van der Waals surface area contributed by atoms with Gasteiger partial charge in [-0.25, -0.2) is 5.01 Å². The van der Waals surface area contributed by atoms with E-state index < -0.39 is 10.3 Å². The van der Waals surface area contributed by atoms with Crippen molar-refractivity contribution in [2.75, 3.05) is 11.1 Å². The van der Waals surface area contributed by atoms with Gasteiger partial charge in [0.15, 0.2) is 5.11 Å². The molecule has 140 valence electrons. The average molecular weight is 423 g/mol. The molecule has 1 saturated heterocycles. The number of nitrogens with one attached hydrogen (secondary N) is 2. The zero-order chi connectivity index (χ0) is 19.6. The molecule has 27 heavy (non-hydrogen) atoms. The highest BCUT2D eigenvalue weighted by atomic mass is 35.5. The van der Waals surface area contributed by atoms with Gasteiger partial charge in [-0.05, 0) is 36.8 Å². The third-order valence-electron chi connectivity index (χ3n) is 3.94. The molecule has 2 aromatic rings. The molecule has 0 bridgehead atoms. The molecule has 2 aromatic carbocycles. The Bertz CT molecular complexity index is 925. The monoisotopic (exact) mass is 422 g/mol. The first-order chi connectivity index (χ1) is 12.9. The Labute approximate surface area is 170 Å². The molecule has 1 fully saturated rings.